The van der Waals surface area contributed by atoms with Crippen LogP contribution in [0.2, 0.25) is 0 Å². The summed E-state index contributed by atoms with van der Waals surface area (Å²) in [4.78, 5) is 10.0. The molecule has 23 heavy (non-hydrogen) atoms. The normalized spacial score (nSPS) is 11.0. The molecule has 0 bridgehead atoms. The van der Waals surface area contributed by atoms with Gasteiger partial charge in [-0.2, -0.15) is 0 Å². The molecule has 0 saturated heterocycles. The monoisotopic (exact) mass is 339 g/mol. The number of benzene rings is 1. The smallest absolute Gasteiger partial charge is 0.146 e. The molecule has 0 radical (unpaired) electrons. The molecule has 134 valence electrons. The highest BCUT2D eigenvalue weighted by Gasteiger charge is 1.95. The highest BCUT2D eigenvalue weighted by atomic mass is 31.0. The van der Waals surface area contributed by atoms with E-state index in [0.717, 1.165) is 5.92 Å². The Balaban J connectivity index is 0. The van der Waals surface area contributed by atoms with Gasteiger partial charge in [-0.3, -0.25) is 4.79 Å². The Morgan fingerprint density at radius 2 is 1.70 bits per heavy atom. The number of unbranched alkanes of at least 4 members (excludes halogenated alkanes) is 2. The van der Waals surface area contributed by atoms with Gasteiger partial charge in [-0.1, -0.05) is 70.2 Å². The first-order valence-electron chi connectivity index (χ1n) is 8.70. The van der Waals surface area contributed by atoms with Crippen LogP contribution in [-0.4, -0.2) is 11.8 Å². The average Bonchev–Trinajstić information content (AvgIpc) is 2.44. The maximum atomic E-state index is 10.0. The lowest BCUT2D eigenvalue weighted by Gasteiger charge is -2.00. The number of Topliss-reactive ketones (excluding diaryl/α,β-unsaturated/α-hetero) is 1. The van der Waals surface area contributed by atoms with Gasteiger partial charge in [-0.05, 0) is 44.5 Å². The van der Waals surface area contributed by atoms with E-state index in [-0.39, 0.29) is 11.8 Å². The number of hydrogen-bond acceptors (Lipinski definition) is 2. The molecule has 0 saturated carbocycles. The van der Waals surface area contributed by atoms with E-state index in [9.17, 15) is 4.79 Å². The van der Waals surface area contributed by atoms with Crippen molar-refractivity contribution in [2.24, 2.45) is 11.7 Å². The topological polar surface area (TPSA) is 43.1 Å². The number of carbonyl (C=O) groups excluding carboxylic acids is 1. The van der Waals surface area contributed by atoms with Crippen LogP contribution in [0, 0.1) is 19.8 Å². The summed E-state index contributed by atoms with van der Waals surface area (Å²) < 4.78 is 0. The van der Waals surface area contributed by atoms with E-state index in [1.807, 2.05) is 0 Å². The first kappa shape index (κ1) is 24.5. The summed E-state index contributed by atoms with van der Waals surface area (Å²) in [6.07, 6.45) is 5.60. The highest BCUT2D eigenvalue weighted by Crippen LogP contribution is 2.06. The van der Waals surface area contributed by atoms with Crippen molar-refractivity contribution in [3.8, 4) is 0 Å². The second kappa shape index (κ2) is 14.8. The predicted molar refractivity (Wildman–Crippen MR) is 109 cm³/mol. The summed E-state index contributed by atoms with van der Waals surface area (Å²) in [6.45, 7) is 14.2. The Morgan fingerprint density at radius 3 is 2.00 bits per heavy atom. The van der Waals surface area contributed by atoms with Gasteiger partial charge in [0.2, 0.25) is 0 Å². The molecular formula is C20H38NOP. The summed E-state index contributed by atoms with van der Waals surface area (Å²) in [6, 6.07) is 6.14. The molecule has 2 unspecified atom stereocenters. The van der Waals surface area contributed by atoms with Gasteiger partial charge in [0, 0.05) is 0 Å². The fourth-order valence-corrected chi connectivity index (χ4v) is 1.81. The third-order valence-electron chi connectivity index (χ3n) is 3.45. The van der Waals surface area contributed by atoms with E-state index in [1.165, 1.54) is 49.0 Å². The van der Waals surface area contributed by atoms with Gasteiger partial charge in [0.15, 0.2) is 0 Å². The van der Waals surface area contributed by atoms with Gasteiger partial charge in [0.05, 0.1) is 6.04 Å². The average molecular weight is 340 g/mol. The molecule has 0 aliphatic carbocycles. The molecule has 1 rings (SSSR count). The number of nitrogens with two attached hydrogens (primary N) is 1. The van der Waals surface area contributed by atoms with Crippen LogP contribution in [0.1, 0.15) is 71.4 Å². The summed E-state index contributed by atoms with van der Waals surface area (Å²) in [5.74, 6) is 0.941. The van der Waals surface area contributed by atoms with Crippen molar-refractivity contribution < 1.29 is 4.79 Å². The predicted octanol–water partition coefficient (Wildman–Crippen LogP) is 4.95. The maximum absolute atomic E-state index is 10.0. The number of rotatable bonds is 5. The minimum Gasteiger partial charge on any atom is -0.322 e. The number of aryl methyl sites for hydroxylation is 2. The largest absolute Gasteiger partial charge is 0.322 e. The summed E-state index contributed by atoms with van der Waals surface area (Å²) in [7, 11) is 2.71. The van der Waals surface area contributed by atoms with E-state index in [4.69, 9.17) is 5.73 Å². The van der Waals surface area contributed by atoms with E-state index < -0.39 is 0 Å². The van der Waals surface area contributed by atoms with Crippen LogP contribution in [0.4, 0.5) is 0 Å². The standard InChI is InChI=1S/C8H11P.C8H18.C4H9NO/c1-6-3-4-8(9)7(2)5-6;1-4-5-6-7-8(2)3;1-3(5)4(2)6/h3-5H,9H2,1-2H3;8H,4-7H2,1-3H3;3H,5H2,1-2H3. The Bertz CT molecular complexity index is 428. The van der Waals surface area contributed by atoms with Crippen molar-refractivity contribution in [3.63, 3.8) is 0 Å². The van der Waals surface area contributed by atoms with Crippen LogP contribution in [0.25, 0.3) is 0 Å². The van der Waals surface area contributed by atoms with Crippen LogP contribution in [0.15, 0.2) is 18.2 Å². The Labute approximate surface area is 146 Å². The first-order chi connectivity index (χ1) is 10.6. The minimum absolute atomic E-state index is 0.0370. The van der Waals surface area contributed by atoms with Gasteiger partial charge < -0.3 is 5.73 Å². The van der Waals surface area contributed by atoms with Gasteiger partial charge in [-0.15, -0.1) is 9.24 Å². The van der Waals surface area contributed by atoms with Crippen molar-refractivity contribution in [1.82, 2.24) is 0 Å². The quantitative estimate of drug-likeness (QED) is 0.609. The van der Waals surface area contributed by atoms with Crippen molar-refractivity contribution in [1.29, 1.82) is 0 Å². The summed E-state index contributed by atoms with van der Waals surface area (Å²) >= 11 is 0. The van der Waals surface area contributed by atoms with E-state index in [0.29, 0.717) is 0 Å². The molecule has 2 N–H and O–H groups in total. The number of carbonyl (C=O) groups is 1. The lowest BCUT2D eigenvalue weighted by molar-refractivity contribution is -0.117. The van der Waals surface area contributed by atoms with Crippen LogP contribution in [0.3, 0.4) is 0 Å². The highest BCUT2D eigenvalue weighted by molar-refractivity contribution is 7.27. The molecule has 0 fully saturated rings. The Hall–Kier alpha value is -0.720. The van der Waals surface area contributed by atoms with Crippen molar-refractivity contribution in [2.45, 2.75) is 80.2 Å². The van der Waals surface area contributed by atoms with Crippen LogP contribution < -0.4 is 11.0 Å². The van der Waals surface area contributed by atoms with Gasteiger partial charge in [-0.25, -0.2) is 0 Å². The minimum atomic E-state index is -0.287. The molecule has 1 aromatic carbocycles. The summed E-state index contributed by atoms with van der Waals surface area (Å²) in [5, 5.41) is 1.29. The molecule has 0 heterocycles. The van der Waals surface area contributed by atoms with Gasteiger partial charge in [0.25, 0.3) is 0 Å². The zero-order chi connectivity index (χ0) is 18.4. The number of ketones is 1. The van der Waals surface area contributed by atoms with Crippen molar-refractivity contribution in [2.75, 3.05) is 0 Å². The van der Waals surface area contributed by atoms with Gasteiger partial charge in [0.1, 0.15) is 5.78 Å². The third-order valence-corrected chi connectivity index (χ3v) is 4.10. The van der Waals surface area contributed by atoms with E-state index in [1.54, 1.807) is 6.92 Å². The Morgan fingerprint density at radius 1 is 1.17 bits per heavy atom. The van der Waals surface area contributed by atoms with Crippen LogP contribution in [0.5, 0.6) is 0 Å². The zero-order valence-electron chi connectivity index (χ0n) is 16.3. The molecule has 0 amide bonds. The van der Waals surface area contributed by atoms with E-state index >= 15 is 0 Å². The number of hydrogen-bond donors (Lipinski definition) is 1. The van der Waals surface area contributed by atoms with Gasteiger partial charge >= 0.3 is 0 Å². The Kier molecular flexibility index (Phi) is 15.8. The van der Waals surface area contributed by atoms with Crippen LogP contribution >= 0.6 is 9.24 Å². The molecule has 0 aliphatic rings. The first-order valence-corrected chi connectivity index (χ1v) is 9.28. The molecule has 3 heteroatoms. The molecule has 2 atom stereocenters. The molecular weight excluding hydrogens is 301 g/mol. The summed E-state index contributed by atoms with van der Waals surface area (Å²) in [5.41, 5.74) is 7.77. The second-order valence-corrected chi connectivity index (χ2v) is 7.27. The van der Waals surface area contributed by atoms with E-state index in [2.05, 4.69) is 62.1 Å². The van der Waals surface area contributed by atoms with Crippen molar-refractivity contribution in [3.05, 3.63) is 29.3 Å². The molecule has 1 aromatic rings. The fraction of sp³-hybridized carbons (Fsp3) is 0.650. The molecule has 2 nitrogen and oxygen atoms in total. The van der Waals surface area contributed by atoms with Crippen molar-refractivity contribution >= 4 is 20.3 Å². The zero-order valence-corrected chi connectivity index (χ0v) is 17.4. The lowest BCUT2D eigenvalue weighted by Crippen LogP contribution is -2.23. The molecule has 0 spiro atoms. The maximum Gasteiger partial charge on any atom is 0.146 e. The molecule has 0 aromatic heterocycles. The lowest BCUT2D eigenvalue weighted by atomic mass is 10.1. The second-order valence-electron chi connectivity index (χ2n) is 6.65. The molecule has 0 aliphatic heterocycles. The fourth-order valence-electron chi connectivity index (χ4n) is 1.63. The van der Waals surface area contributed by atoms with Crippen LogP contribution in [-0.2, 0) is 4.79 Å². The third kappa shape index (κ3) is 17.5. The SMILES string of the molecule is CC(=O)C(C)N.CCCCCC(C)C.Cc1ccc(P)c(C)c1.